The van der Waals surface area contributed by atoms with Crippen molar-refractivity contribution in [1.82, 2.24) is 30.4 Å². The van der Waals surface area contributed by atoms with Gasteiger partial charge in [0, 0.05) is 80.9 Å². The predicted molar refractivity (Wildman–Crippen MR) is 249 cm³/mol. The molecular formula is C46H53ClN10O11. The van der Waals surface area contributed by atoms with Crippen molar-refractivity contribution in [3.05, 3.63) is 94.6 Å². The number of hydrogen-bond donors (Lipinski definition) is 5. The summed E-state index contributed by atoms with van der Waals surface area (Å²) in [5.74, 6) is -1.63. The number of imide groups is 1. The van der Waals surface area contributed by atoms with Gasteiger partial charge in [-0.25, -0.2) is 4.98 Å². The molecule has 0 saturated carbocycles. The van der Waals surface area contributed by atoms with Gasteiger partial charge >= 0.3 is 0 Å². The Balaban J connectivity index is 0.723. The number of nitrogens with zero attached hydrogens (tertiary/aromatic N) is 5. The van der Waals surface area contributed by atoms with Gasteiger partial charge in [0.15, 0.2) is 5.82 Å². The lowest BCUT2D eigenvalue weighted by Gasteiger charge is -2.36. The topological polar surface area (TPSA) is 244 Å². The van der Waals surface area contributed by atoms with Gasteiger partial charge in [-0.2, -0.15) is 4.98 Å². The number of nitrogens with one attached hydrogen (secondary N) is 5. The predicted octanol–water partition coefficient (Wildman–Crippen LogP) is 3.06. The number of amides is 5. The van der Waals surface area contributed by atoms with E-state index in [2.05, 4.69) is 58.5 Å². The molecule has 5 amide bonds. The largest absolute Gasteiger partial charge is 0.428 e. The number of hydrogen-bond acceptors (Lipinski definition) is 17. The zero-order valence-electron chi connectivity index (χ0n) is 37.4. The number of fused-ring (bicyclic) bond motifs is 1. The van der Waals surface area contributed by atoms with Gasteiger partial charge in [0.25, 0.3) is 30.5 Å². The summed E-state index contributed by atoms with van der Waals surface area (Å²) in [7, 11) is 1.57. The van der Waals surface area contributed by atoms with Crippen LogP contribution in [0.25, 0.3) is 0 Å². The van der Waals surface area contributed by atoms with Crippen molar-refractivity contribution in [2.24, 2.45) is 0 Å². The molecule has 2 saturated heterocycles. The fourth-order valence-electron chi connectivity index (χ4n) is 7.75. The van der Waals surface area contributed by atoms with E-state index in [0.29, 0.717) is 71.3 Å². The highest BCUT2D eigenvalue weighted by molar-refractivity contribution is 6.33. The molecular weight excluding hydrogens is 904 g/mol. The van der Waals surface area contributed by atoms with Crippen LogP contribution in [0.3, 0.4) is 0 Å². The number of carbonyl (C=O) groups excluding carboxylic acids is 6. The number of para-hydroxylation sites is 1. The molecule has 0 radical (unpaired) electrons. The van der Waals surface area contributed by atoms with E-state index in [0.717, 1.165) is 44.1 Å². The van der Waals surface area contributed by atoms with Crippen LogP contribution in [0.5, 0.6) is 0 Å². The van der Waals surface area contributed by atoms with Crippen molar-refractivity contribution in [3.8, 4) is 0 Å². The number of rotatable bonds is 24. The van der Waals surface area contributed by atoms with Gasteiger partial charge in [0.2, 0.25) is 17.8 Å². The van der Waals surface area contributed by atoms with Gasteiger partial charge in [-0.3, -0.25) is 39.0 Å². The Hall–Kier alpha value is -6.75. The fourth-order valence-corrected chi connectivity index (χ4v) is 7.89. The molecule has 0 bridgehead atoms. The lowest BCUT2D eigenvalue weighted by molar-refractivity contribution is -0.175. The second-order valence-electron chi connectivity index (χ2n) is 15.6. The van der Waals surface area contributed by atoms with Crippen LogP contribution in [0, 0.1) is 0 Å². The number of halogens is 1. The Morgan fingerprint density at radius 1 is 0.868 bits per heavy atom. The van der Waals surface area contributed by atoms with E-state index < -0.39 is 36.0 Å². The van der Waals surface area contributed by atoms with E-state index >= 15 is 0 Å². The molecule has 22 heteroatoms. The Morgan fingerprint density at radius 3 is 2.29 bits per heavy atom. The standard InChI is InChI=1S/C46H53ClN10O11/c1-48-41(60)33-5-2-3-7-36(33)51-40-35(47)27-49-46(54-40)50-30-9-11-31(12-10-30)56-17-15-55(16-18-56)19-20-64-21-22-65-23-24-66-25-26-67-45(68-29-58)43(62)52-37-8-4-6-32-34(37)28-57(44(32)63)38-13-14-39(59)53-42(38)61/h2-12,27,29,38,45H,13-26,28H2,1H3,(H,48,60)(H,52,62)(H,53,59,61)(H2,49,50,51,54). The zero-order chi connectivity index (χ0) is 47.8. The second-order valence-corrected chi connectivity index (χ2v) is 16.0. The second kappa shape index (κ2) is 24.3. The summed E-state index contributed by atoms with van der Waals surface area (Å²) < 4.78 is 27.3. The lowest BCUT2D eigenvalue weighted by atomic mass is 10.0. The fraction of sp³-hybridized carbons (Fsp3) is 0.391. The Morgan fingerprint density at radius 2 is 1.57 bits per heavy atom. The van der Waals surface area contributed by atoms with Gasteiger partial charge in [0.1, 0.15) is 11.1 Å². The molecule has 3 aromatic carbocycles. The summed E-state index contributed by atoms with van der Waals surface area (Å²) >= 11 is 6.39. The first-order valence-electron chi connectivity index (χ1n) is 22.1. The normalized spacial score (nSPS) is 16.4. The minimum atomic E-state index is -1.58. The molecule has 4 heterocycles. The maximum Gasteiger partial charge on any atom is 0.295 e. The lowest BCUT2D eigenvalue weighted by Crippen LogP contribution is -2.52. The van der Waals surface area contributed by atoms with Crippen LogP contribution < -0.4 is 31.5 Å². The van der Waals surface area contributed by atoms with Crippen LogP contribution in [0.1, 0.15) is 39.1 Å². The highest BCUT2D eigenvalue weighted by Gasteiger charge is 2.40. The quantitative estimate of drug-likeness (QED) is 0.0293. The highest BCUT2D eigenvalue weighted by atomic mass is 35.5. The molecule has 3 aliphatic rings. The van der Waals surface area contributed by atoms with Crippen molar-refractivity contribution in [2.45, 2.75) is 31.7 Å². The summed E-state index contributed by atoms with van der Waals surface area (Å²) in [4.78, 5) is 88.6. The van der Waals surface area contributed by atoms with E-state index in [4.69, 9.17) is 35.3 Å². The van der Waals surface area contributed by atoms with E-state index in [1.54, 1.807) is 43.4 Å². The number of benzene rings is 3. The number of ether oxygens (including phenoxy) is 5. The first kappa shape index (κ1) is 49.2. The maximum atomic E-state index is 13.1. The van der Waals surface area contributed by atoms with Crippen molar-refractivity contribution in [2.75, 3.05) is 107 Å². The molecule has 2 atom stereocenters. The summed E-state index contributed by atoms with van der Waals surface area (Å²) in [5, 5.41) is 14.2. The summed E-state index contributed by atoms with van der Waals surface area (Å²) in [5.41, 5.74) is 4.04. The van der Waals surface area contributed by atoms with Crippen LogP contribution in [-0.2, 0) is 49.4 Å². The van der Waals surface area contributed by atoms with Gasteiger partial charge < -0.3 is 54.8 Å². The summed E-state index contributed by atoms with van der Waals surface area (Å²) in [6.07, 6.45) is 0.233. The Labute approximate surface area is 397 Å². The third-order valence-corrected chi connectivity index (χ3v) is 11.6. The van der Waals surface area contributed by atoms with Crippen LogP contribution >= 0.6 is 11.6 Å². The van der Waals surface area contributed by atoms with Crippen LogP contribution in [0.2, 0.25) is 5.02 Å². The van der Waals surface area contributed by atoms with Crippen molar-refractivity contribution >= 4 is 82.1 Å². The average Bonchev–Trinajstić information content (AvgIpc) is 3.68. The number of anilines is 6. The molecule has 0 aliphatic carbocycles. The maximum absolute atomic E-state index is 13.1. The Bertz CT molecular complexity index is 2420. The summed E-state index contributed by atoms with van der Waals surface area (Å²) in [6.45, 7) is 6.50. The number of piperidine rings is 1. The molecule has 1 aromatic heterocycles. The van der Waals surface area contributed by atoms with E-state index in [9.17, 15) is 28.8 Å². The first-order valence-corrected chi connectivity index (χ1v) is 22.5. The molecule has 2 unspecified atom stereocenters. The van der Waals surface area contributed by atoms with Crippen molar-refractivity contribution in [1.29, 1.82) is 0 Å². The first-order chi connectivity index (χ1) is 33.1. The van der Waals surface area contributed by atoms with Crippen LogP contribution in [0.15, 0.2) is 72.9 Å². The van der Waals surface area contributed by atoms with Gasteiger partial charge in [-0.1, -0.05) is 29.8 Å². The van der Waals surface area contributed by atoms with Gasteiger partial charge in [-0.15, -0.1) is 0 Å². The van der Waals surface area contributed by atoms with Crippen LogP contribution in [0.4, 0.5) is 34.5 Å². The molecule has 68 heavy (non-hydrogen) atoms. The number of carbonyl (C=O) groups is 6. The molecule has 2 fully saturated rings. The van der Waals surface area contributed by atoms with E-state index in [-0.39, 0.29) is 51.6 Å². The summed E-state index contributed by atoms with van der Waals surface area (Å²) in [6, 6.07) is 19.1. The molecule has 4 aromatic rings. The van der Waals surface area contributed by atoms with Crippen molar-refractivity contribution < 1.29 is 52.5 Å². The number of aromatic nitrogens is 2. The molecule has 7 rings (SSSR count). The van der Waals surface area contributed by atoms with E-state index in [1.165, 1.54) is 11.1 Å². The molecule has 0 spiro atoms. The minimum Gasteiger partial charge on any atom is -0.428 e. The van der Waals surface area contributed by atoms with E-state index in [1.807, 2.05) is 18.2 Å². The van der Waals surface area contributed by atoms with Gasteiger partial charge in [0.05, 0.1) is 63.7 Å². The molecule has 360 valence electrons. The zero-order valence-corrected chi connectivity index (χ0v) is 38.1. The van der Waals surface area contributed by atoms with Crippen LogP contribution in [-0.4, -0.2) is 154 Å². The van der Waals surface area contributed by atoms with Gasteiger partial charge in [-0.05, 0) is 55.0 Å². The molecule has 21 nitrogen and oxygen atoms in total. The molecule has 5 N–H and O–H groups in total. The van der Waals surface area contributed by atoms with Crippen molar-refractivity contribution in [3.63, 3.8) is 0 Å². The monoisotopic (exact) mass is 956 g/mol. The third-order valence-electron chi connectivity index (χ3n) is 11.3. The Kier molecular flexibility index (Phi) is 17.6. The minimum absolute atomic E-state index is 0.0446. The third kappa shape index (κ3) is 13.0. The smallest absolute Gasteiger partial charge is 0.295 e. The highest BCUT2D eigenvalue weighted by Crippen LogP contribution is 2.33. The number of piperazine rings is 1. The SMILES string of the molecule is CNC(=O)c1ccccc1Nc1nc(Nc2ccc(N3CCN(CCOCCOCCOCCOC(OC=O)C(=O)Nc4cccc5c4CN(C4CCC(=O)NC4=O)C5=O)CC3)cc2)ncc1Cl. The molecule has 3 aliphatic heterocycles. The average molecular weight is 957 g/mol.